The number of fused-ring (bicyclic) bond motifs is 1. The molecule has 0 spiro atoms. The van der Waals surface area contributed by atoms with Gasteiger partial charge in [0.25, 0.3) is 0 Å². The summed E-state index contributed by atoms with van der Waals surface area (Å²) in [6.07, 6.45) is 9.15. The molecule has 1 saturated heterocycles. The van der Waals surface area contributed by atoms with Crippen molar-refractivity contribution in [3.8, 4) is 39.7 Å². The van der Waals surface area contributed by atoms with Gasteiger partial charge in [0.2, 0.25) is 0 Å². The van der Waals surface area contributed by atoms with E-state index in [1.807, 2.05) is 30.3 Å². The Kier molecular flexibility index (Phi) is 8.05. The molecule has 1 aliphatic heterocycles. The zero-order valence-electron chi connectivity index (χ0n) is 21.3. The zero-order valence-corrected chi connectivity index (χ0v) is 22.1. The number of hydrogen-bond donors (Lipinski definition) is 2. The highest BCUT2D eigenvalue weighted by molar-refractivity contribution is 6.04. The summed E-state index contributed by atoms with van der Waals surface area (Å²) in [5.74, 6) is 1.68. The van der Waals surface area contributed by atoms with Gasteiger partial charge in [-0.05, 0) is 86.8 Å². The van der Waals surface area contributed by atoms with Crippen molar-refractivity contribution in [2.75, 3.05) is 26.2 Å². The number of hydrogen-bond acceptors (Lipinski definition) is 6. The molecule has 8 heteroatoms. The number of aromatic amines is 1. The average molecular weight is 530 g/mol. The van der Waals surface area contributed by atoms with Crippen LogP contribution in [0.4, 0.5) is 0 Å². The van der Waals surface area contributed by atoms with Crippen molar-refractivity contribution < 1.29 is 9.94 Å². The number of halogens is 1. The lowest BCUT2D eigenvalue weighted by Gasteiger charge is -2.26. The van der Waals surface area contributed by atoms with Gasteiger partial charge in [-0.3, -0.25) is 9.88 Å². The molecule has 1 fully saturated rings. The molecular formula is C30H32ClN5O2. The third-order valence-electron chi connectivity index (χ3n) is 7.37. The van der Waals surface area contributed by atoms with Crippen molar-refractivity contribution in [3.63, 3.8) is 0 Å². The van der Waals surface area contributed by atoms with Gasteiger partial charge in [0.15, 0.2) is 0 Å². The van der Waals surface area contributed by atoms with Gasteiger partial charge in [-0.2, -0.15) is 0 Å². The fourth-order valence-electron chi connectivity index (χ4n) is 5.35. The Morgan fingerprint density at radius 2 is 1.66 bits per heavy atom. The fraction of sp³-hybridized carbons (Fsp3) is 0.300. The molecule has 0 amide bonds. The van der Waals surface area contributed by atoms with E-state index in [4.69, 9.17) is 9.72 Å². The number of ether oxygens (including phenoxy) is 1. The molecule has 2 aliphatic rings. The first-order valence-electron chi connectivity index (χ1n) is 13.1. The lowest BCUT2D eigenvalue weighted by molar-refractivity contribution is 0.183. The Balaban J connectivity index is 0.00000294. The van der Waals surface area contributed by atoms with Crippen LogP contribution in [-0.2, 0) is 6.42 Å². The number of nitrogens with zero attached hydrogens (tertiary/aromatic N) is 4. The van der Waals surface area contributed by atoms with Crippen molar-refractivity contribution in [1.29, 1.82) is 0 Å². The predicted octanol–water partition coefficient (Wildman–Crippen LogP) is 6.22. The Bertz CT molecular complexity index is 1400. The Morgan fingerprint density at radius 3 is 2.42 bits per heavy atom. The van der Waals surface area contributed by atoms with Gasteiger partial charge in [-0.25, -0.2) is 4.98 Å². The van der Waals surface area contributed by atoms with Gasteiger partial charge in [-0.15, -0.1) is 12.4 Å². The maximum atomic E-state index is 9.30. The first-order chi connectivity index (χ1) is 18.3. The maximum absolute atomic E-state index is 9.30. The van der Waals surface area contributed by atoms with Crippen molar-refractivity contribution in [1.82, 2.24) is 19.9 Å². The van der Waals surface area contributed by atoms with Gasteiger partial charge in [0.1, 0.15) is 18.2 Å². The monoisotopic (exact) mass is 529 g/mol. The highest BCUT2D eigenvalue weighted by Gasteiger charge is 2.21. The van der Waals surface area contributed by atoms with E-state index in [2.05, 4.69) is 44.3 Å². The summed E-state index contributed by atoms with van der Waals surface area (Å²) in [4.78, 5) is 15.3. The van der Waals surface area contributed by atoms with E-state index >= 15 is 0 Å². The molecule has 3 heterocycles. The van der Waals surface area contributed by atoms with E-state index in [1.165, 1.54) is 37.9 Å². The summed E-state index contributed by atoms with van der Waals surface area (Å²) in [6, 6.07) is 18.4. The SMILES string of the molecule is Cl.ON=C1CCc2cc(-c3nc(-c4ccc(OCCN5CCCCC5)cc4)[nH]c3-c3ccncc3)ccc21. The van der Waals surface area contributed by atoms with E-state index in [-0.39, 0.29) is 12.4 Å². The number of aromatic nitrogens is 3. The minimum Gasteiger partial charge on any atom is -0.492 e. The topological polar surface area (TPSA) is 86.6 Å². The van der Waals surface area contributed by atoms with Crippen LogP contribution in [0.15, 0.2) is 72.1 Å². The molecule has 2 N–H and O–H groups in total. The number of pyridine rings is 1. The minimum atomic E-state index is 0. The van der Waals surface area contributed by atoms with Crippen molar-refractivity contribution in [3.05, 3.63) is 78.1 Å². The number of likely N-dealkylation sites (tertiary alicyclic amines) is 1. The molecule has 2 aromatic carbocycles. The summed E-state index contributed by atoms with van der Waals surface area (Å²) in [6.45, 7) is 4.05. The number of rotatable bonds is 7. The molecule has 38 heavy (non-hydrogen) atoms. The summed E-state index contributed by atoms with van der Waals surface area (Å²) >= 11 is 0. The van der Waals surface area contributed by atoms with Crippen LogP contribution in [0.2, 0.25) is 0 Å². The maximum Gasteiger partial charge on any atom is 0.138 e. The number of aryl methyl sites for hydroxylation is 1. The quantitative estimate of drug-likeness (QED) is 0.219. The van der Waals surface area contributed by atoms with E-state index in [0.717, 1.165) is 70.3 Å². The summed E-state index contributed by atoms with van der Waals surface area (Å²) in [5.41, 5.74) is 7.85. The van der Waals surface area contributed by atoms with Crippen LogP contribution in [0.3, 0.4) is 0 Å². The minimum absolute atomic E-state index is 0. The first kappa shape index (κ1) is 25.9. The molecular weight excluding hydrogens is 498 g/mol. The van der Waals surface area contributed by atoms with E-state index in [1.54, 1.807) is 12.4 Å². The molecule has 0 saturated carbocycles. The Labute approximate surface area is 229 Å². The molecule has 0 unspecified atom stereocenters. The molecule has 0 bridgehead atoms. The van der Waals surface area contributed by atoms with E-state index in [9.17, 15) is 5.21 Å². The standard InChI is InChI=1S/C30H31N5O2.ClH/c36-34-27-11-7-23-20-24(6-10-26(23)27)29-28(21-12-14-31-15-13-21)32-30(33-29)22-4-8-25(9-5-22)37-19-18-35-16-2-1-3-17-35;/h4-6,8-10,12-15,20,36H,1-3,7,11,16-19H2,(H,32,33);1H. The molecule has 0 atom stereocenters. The number of benzene rings is 2. The Morgan fingerprint density at radius 1 is 0.895 bits per heavy atom. The van der Waals surface area contributed by atoms with Gasteiger partial charge >= 0.3 is 0 Å². The van der Waals surface area contributed by atoms with Crippen LogP contribution in [0, 0.1) is 0 Å². The van der Waals surface area contributed by atoms with Gasteiger partial charge in [0.05, 0.1) is 17.1 Å². The van der Waals surface area contributed by atoms with Crippen LogP contribution < -0.4 is 4.74 Å². The van der Waals surface area contributed by atoms with Crippen LogP contribution in [0.5, 0.6) is 5.75 Å². The van der Waals surface area contributed by atoms with E-state index in [0.29, 0.717) is 6.61 Å². The van der Waals surface area contributed by atoms with Crippen molar-refractivity contribution in [2.45, 2.75) is 32.1 Å². The summed E-state index contributed by atoms with van der Waals surface area (Å²) in [7, 11) is 0. The smallest absolute Gasteiger partial charge is 0.138 e. The fourth-order valence-corrected chi connectivity index (χ4v) is 5.35. The second-order valence-electron chi connectivity index (χ2n) is 9.74. The molecule has 2 aromatic heterocycles. The van der Waals surface area contributed by atoms with Gasteiger partial charge < -0.3 is 14.9 Å². The normalized spacial score (nSPS) is 16.3. The number of nitrogens with one attached hydrogen (secondary N) is 1. The van der Waals surface area contributed by atoms with Gasteiger partial charge in [-0.1, -0.05) is 23.7 Å². The third kappa shape index (κ3) is 5.44. The lowest BCUT2D eigenvalue weighted by atomic mass is 10.0. The number of oxime groups is 1. The van der Waals surface area contributed by atoms with Crippen LogP contribution in [0.25, 0.3) is 33.9 Å². The summed E-state index contributed by atoms with van der Waals surface area (Å²) in [5, 5.41) is 12.8. The number of imidazole rings is 1. The Hall–Kier alpha value is -3.68. The number of piperidine rings is 1. The first-order valence-corrected chi connectivity index (χ1v) is 13.1. The largest absolute Gasteiger partial charge is 0.492 e. The van der Waals surface area contributed by atoms with Crippen LogP contribution in [-0.4, -0.2) is 57.0 Å². The van der Waals surface area contributed by atoms with Crippen LogP contribution >= 0.6 is 12.4 Å². The highest BCUT2D eigenvalue weighted by atomic mass is 35.5. The molecule has 7 nitrogen and oxygen atoms in total. The van der Waals surface area contributed by atoms with Gasteiger partial charge in [0, 0.05) is 41.2 Å². The number of H-pyrrole nitrogens is 1. The average Bonchev–Trinajstić information content (AvgIpc) is 3.59. The summed E-state index contributed by atoms with van der Waals surface area (Å²) < 4.78 is 6.02. The second-order valence-corrected chi connectivity index (χ2v) is 9.74. The molecule has 6 rings (SSSR count). The molecule has 0 radical (unpaired) electrons. The molecule has 1 aliphatic carbocycles. The zero-order chi connectivity index (χ0) is 25.0. The van der Waals surface area contributed by atoms with Crippen LogP contribution in [0.1, 0.15) is 36.8 Å². The third-order valence-corrected chi connectivity index (χ3v) is 7.37. The molecule has 196 valence electrons. The van der Waals surface area contributed by atoms with E-state index < -0.39 is 0 Å². The molecule has 4 aromatic rings. The lowest BCUT2D eigenvalue weighted by Crippen LogP contribution is -2.33. The predicted molar refractivity (Wildman–Crippen MR) is 152 cm³/mol. The van der Waals surface area contributed by atoms with Crippen molar-refractivity contribution in [2.24, 2.45) is 5.16 Å². The van der Waals surface area contributed by atoms with Crippen molar-refractivity contribution >= 4 is 18.1 Å². The highest BCUT2D eigenvalue weighted by Crippen LogP contribution is 2.35. The second kappa shape index (κ2) is 11.8.